The lowest BCUT2D eigenvalue weighted by Crippen LogP contribution is -2.37. The molecule has 0 saturated carbocycles. The van der Waals surface area contributed by atoms with Gasteiger partial charge in [0, 0.05) is 24.1 Å². The molecule has 82 valence electrons. The van der Waals surface area contributed by atoms with E-state index in [0.717, 1.165) is 13.1 Å². The molecule has 0 fully saturated rings. The number of benzene rings is 2. The van der Waals surface area contributed by atoms with Crippen molar-refractivity contribution >= 4 is 29.5 Å². The molecule has 16 heavy (non-hydrogen) atoms. The smallest absolute Gasteiger partial charge is 0.0294 e. The molecule has 1 heterocycles. The van der Waals surface area contributed by atoms with E-state index < -0.39 is 0 Å². The molecule has 0 amide bonds. The third-order valence-corrected chi connectivity index (χ3v) is 6.12. The molecule has 2 aromatic rings. The molecular formula is C14H16NP. The molecule has 0 unspecified atom stereocenters. The van der Waals surface area contributed by atoms with Crippen LogP contribution in [0.4, 0.5) is 0 Å². The van der Waals surface area contributed by atoms with E-state index in [1.165, 1.54) is 10.8 Å². The Morgan fingerprint density at radius 1 is 0.938 bits per heavy atom. The molecule has 0 aliphatic carbocycles. The Kier molecular flexibility index (Phi) is 2.46. The van der Waals surface area contributed by atoms with Crippen molar-refractivity contribution in [3.63, 3.8) is 0 Å². The Hall–Kier alpha value is -0.910. The predicted octanol–water partition coefficient (Wildman–Crippen LogP) is 2.84. The van der Waals surface area contributed by atoms with Gasteiger partial charge in [0.1, 0.15) is 0 Å². The number of nitrogens with zero attached hydrogens (tertiary/aromatic N) is 1. The average molecular weight is 229 g/mol. The van der Waals surface area contributed by atoms with Gasteiger partial charge in [0.2, 0.25) is 0 Å². The van der Waals surface area contributed by atoms with Crippen LogP contribution in [-0.2, 0) is 0 Å². The fourth-order valence-corrected chi connectivity index (χ4v) is 5.19. The van der Waals surface area contributed by atoms with Crippen molar-refractivity contribution in [1.29, 1.82) is 0 Å². The van der Waals surface area contributed by atoms with E-state index in [2.05, 4.69) is 54.9 Å². The first-order valence-electron chi connectivity index (χ1n) is 5.93. The van der Waals surface area contributed by atoms with Crippen molar-refractivity contribution in [2.24, 2.45) is 0 Å². The fraction of sp³-hybridized carbons (Fsp3) is 0.286. The van der Waals surface area contributed by atoms with Crippen LogP contribution >= 0.6 is 8.07 Å². The van der Waals surface area contributed by atoms with E-state index in [1.807, 2.05) is 0 Å². The van der Waals surface area contributed by atoms with Crippen molar-refractivity contribution in [2.45, 2.75) is 13.8 Å². The molecule has 3 rings (SSSR count). The van der Waals surface area contributed by atoms with Crippen molar-refractivity contribution in [1.82, 2.24) is 4.67 Å². The van der Waals surface area contributed by atoms with E-state index >= 15 is 0 Å². The summed E-state index contributed by atoms with van der Waals surface area (Å²) in [5.74, 6) is 0. The number of rotatable bonds is 3. The molecule has 0 saturated heterocycles. The maximum absolute atomic E-state index is 2.59. The second-order valence-electron chi connectivity index (χ2n) is 4.10. The monoisotopic (exact) mass is 229 g/mol. The van der Waals surface area contributed by atoms with E-state index in [9.17, 15) is 0 Å². The molecule has 2 aromatic carbocycles. The molecule has 0 atom stereocenters. The van der Waals surface area contributed by atoms with E-state index in [4.69, 9.17) is 0 Å². The zero-order valence-corrected chi connectivity index (χ0v) is 10.7. The van der Waals surface area contributed by atoms with E-state index in [1.54, 1.807) is 10.6 Å². The maximum Gasteiger partial charge on any atom is 0.0294 e. The summed E-state index contributed by atoms with van der Waals surface area (Å²) in [6, 6.07) is 13.4. The van der Waals surface area contributed by atoms with Crippen LogP contribution in [-0.4, -0.2) is 17.8 Å². The predicted molar refractivity (Wildman–Crippen MR) is 73.1 cm³/mol. The lowest BCUT2D eigenvalue weighted by atomic mass is 10.1. The van der Waals surface area contributed by atoms with Crippen LogP contribution in [0, 0.1) is 0 Å². The van der Waals surface area contributed by atoms with Gasteiger partial charge in [0.15, 0.2) is 0 Å². The highest BCUT2D eigenvalue weighted by Gasteiger charge is 2.31. The van der Waals surface area contributed by atoms with Gasteiger partial charge in [0.05, 0.1) is 0 Å². The average Bonchev–Trinajstić information content (AvgIpc) is 2.34. The molecule has 0 bridgehead atoms. The normalized spacial score (nSPS) is 14.4. The Bertz CT molecular complexity index is 492. The molecule has 1 nitrogen and oxygen atoms in total. The van der Waals surface area contributed by atoms with Crippen LogP contribution in [0.25, 0.3) is 10.8 Å². The minimum Gasteiger partial charge on any atom is -0.275 e. The van der Waals surface area contributed by atoms with Gasteiger partial charge in [-0.05, 0) is 18.5 Å². The van der Waals surface area contributed by atoms with Crippen molar-refractivity contribution in [3.8, 4) is 0 Å². The molecule has 1 aliphatic rings. The summed E-state index contributed by atoms with van der Waals surface area (Å²) in [4.78, 5) is 0. The van der Waals surface area contributed by atoms with Gasteiger partial charge in [-0.3, -0.25) is 4.67 Å². The van der Waals surface area contributed by atoms with Crippen molar-refractivity contribution in [2.75, 3.05) is 13.1 Å². The van der Waals surface area contributed by atoms with Gasteiger partial charge in [-0.1, -0.05) is 50.2 Å². The first kappa shape index (κ1) is 10.3. The molecule has 0 spiro atoms. The summed E-state index contributed by atoms with van der Waals surface area (Å²) in [5.41, 5.74) is 0. The van der Waals surface area contributed by atoms with Crippen molar-refractivity contribution in [3.05, 3.63) is 36.4 Å². The summed E-state index contributed by atoms with van der Waals surface area (Å²) >= 11 is 0. The van der Waals surface area contributed by atoms with Gasteiger partial charge >= 0.3 is 0 Å². The zero-order chi connectivity index (χ0) is 11.1. The maximum atomic E-state index is 2.59. The van der Waals surface area contributed by atoms with Crippen LogP contribution in [0.2, 0.25) is 0 Å². The van der Waals surface area contributed by atoms with Gasteiger partial charge in [-0.15, -0.1) is 0 Å². The van der Waals surface area contributed by atoms with Gasteiger partial charge < -0.3 is 0 Å². The Morgan fingerprint density at radius 3 is 2.00 bits per heavy atom. The Morgan fingerprint density at radius 2 is 1.50 bits per heavy atom. The minimum atomic E-state index is -0.163. The topological polar surface area (TPSA) is 3.24 Å². The van der Waals surface area contributed by atoms with Crippen molar-refractivity contribution < 1.29 is 0 Å². The minimum absolute atomic E-state index is 0.163. The number of hydrogen-bond donors (Lipinski definition) is 0. The second-order valence-corrected chi connectivity index (χ2v) is 6.26. The molecule has 0 aromatic heterocycles. The Balaban J connectivity index is 2.14. The highest BCUT2D eigenvalue weighted by Crippen LogP contribution is 2.48. The summed E-state index contributed by atoms with van der Waals surface area (Å²) in [7, 11) is -0.163. The largest absolute Gasteiger partial charge is 0.275 e. The summed E-state index contributed by atoms with van der Waals surface area (Å²) in [6.45, 7) is 6.81. The van der Waals surface area contributed by atoms with Gasteiger partial charge in [-0.2, -0.15) is 0 Å². The first-order chi connectivity index (χ1) is 7.86. The molecule has 0 N–H and O–H groups in total. The zero-order valence-electron chi connectivity index (χ0n) is 9.77. The van der Waals surface area contributed by atoms with Crippen LogP contribution in [0.3, 0.4) is 0 Å². The van der Waals surface area contributed by atoms with Crippen LogP contribution in [0.15, 0.2) is 36.4 Å². The lowest BCUT2D eigenvalue weighted by Gasteiger charge is -2.38. The molecule has 2 heteroatoms. The van der Waals surface area contributed by atoms with Gasteiger partial charge in [-0.25, -0.2) is 0 Å². The molecule has 0 radical (unpaired) electrons. The first-order valence-corrected chi connectivity index (χ1v) is 7.23. The summed E-state index contributed by atoms with van der Waals surface area (Å²) in [5, 5.41) is 6.07. The molecular weight excluding hydrogens is 213 g/mol. The van der Waals surface area contributed by atoms with Crippen LogP contribution in [0.1, 0.15) is 13.8 Å². The SMILES string of the molecule is CCN(CC)P1c2cccc3cccc1c23. The van der Waals surface area contributed by atoms with E-state index in [-0.39, 0.29) is 8.07 Å². The van der Waals surface area contributed by atoms with Crippen LogP contribution in [0.5, 0.6) is 0 Å². The summed E-state index contributed by atoms with van der Waals surface area (Å²) < 4.78 is 2.59. The third-order valence-electron chi connectivity index (χ3n) is 3.33. The standard InChI is InChI=1S/C14H16NP/c1-3-15(4-2)16-12-9-5-7-11-8-6-10-13(16)14(11)12/h5-10H,3-4H2,1-2H3. The summed E-state index contributed by atoms with van der Waals surface area (Å²) in [6.07, 6.45) is 0. The highest BCUT2D eigenvalue weighted by atomic mass is 31.1. The van der Waals surface area contributed by atoms with E-state index in [0.29, 0.717) is 0 Å². The molecule has 1 aliphatic heterocycles. The number of hydrogen-bond acceptors (Lipinski definition) is 1. The fourth-order valence-electron chi connectivity index (χ4n) is 2.54. The third kappa shape index (κ3) is 1.25. The highest BCUT2D eigenvalue weighted by molar-refractivity contribution is 7.74. The van der Waals surface area contributed by atoms with Gasteiger partial charge in [0.25, 0.3) is 0 Å². The van der Waals surface area contributed by atoms with Crippen LogP contribution < -0.4 is 10.6 Å². The quantitative estimate of drug-likeness (QED) is 0.731. The Labute approximate surface area is 97.9 Å². The lowest BCUT2D eigenvalue weighted by molar-refractivity contribution is 0.514. The second kappa shape index (κ2) is 3.84.